The van der Waals surface area contributed by atoms with Crippen molar-refractivity contribution in [2.75, 3.05) is 37.4 Å². The molecule has 0 unspecified atom stereocenters. The SMILES string of the molecule is C[C@H]1CCCN(c2ccc(C(=O)Nc3ccc(C(=O)N(C)C)cc3)cc2[N+](=O)[O-])C1. The summed E-state index contributed by atoms with van der Waals surface area (Å²) in [5.74, 6) is -0.0989. The monoisotopic (exact) mass is 410 g/mol. The summed E-state index contributed by atoms with van der Waals surface area (Å²) in [7, 11) is 3.33. The molecule has 1 N–H and O–H groups in total. The van der Waals surface area contributed by atoms with E-state index >= 15 is 0 Å². The fourth-order valence-corrected chi connectivity index (χ4v) is 3.64. The minimum Gasteiger partial charge on any atom is -0.366 e. The molecule has 0 bridgehead atoms. The largest absolute Gasteiger partial charge is 0.366 e. The van der Waals surface area contributed by atoms with Crippen LogP contribution < -0.4 is 10.2 Å². The zero-order chi connectivity index (χ0) is 21.8. The number of benzene rings is 2. The van der Waals surface area contributed by atoms with Crippen molar-refractivity contribution >= 4 is 28.9 Å². The van der Waals surface area contributed by atoms with Gasteiger partial charge in [-0.15, -0.1) is 0 Å². The van der Waals surface area contributed by atoms with Crippen LogP contribution in [0.5, 0.6) is 0 Å². The normalized spacial score (nSPS) is 16.1. The zero-order valence-corrected chi connectivity index (χ0v) is 17.4. The van der Waals surface area contributed by atoms with Gasteiger partial charge in [0.05, 0.1) is 4.92 Å². The predicted octanol–water partition coefficient (Wildman–Crippen LogP) is 3.79. The molecule has 158 valence electrons. The van der Waals surface area contributed by atoms with Gasteiger partial charge in [0.1, 0.15) is 5.69 Å². The molecule has 8 heteroatoms. The van der Waals surface area contributed by atoms with Crippen molar-refractivity contribution in [3.63, 3.8) is 0 Å². The molecule has 0 aromatic heterocycles. The van der Waals surface area contributed by atoms with E-state index in [1.807, 2.05) is 4.90 Å². The predicted molar refractivity (Wildman–Crippen MR) is 116 cm³/mol. The third-order valence-corrected chi connectivity index (χ3v) is 5.23. The van der Waals surface area contributed by atoms with Crippen molar-refractivity contribution in [3.05, 3.63) is 63.7 Å². The summed E-state index contributed by atoms with van der Waals surface area (Å²) in [5.41, 5.74) is 1.71. The Kier molecular flexibility index (Phi) is 6.34. The maximum atomic E-state index is 12.6. The number of carbonyl (C=O) groups excluding carboxylic acids is 2. The van der Waals surface area contributed by atoms with Crippen LogP contribution in [0.15, 0.2) is 42.5 Å². The van der Waals surface area contributed by atoms with Gasteiger partial charge in [-0.25, -0.2) is 0 Å². The van der Waals surface area contributed by atoms with E-state index in [0.717, 1.165) is 25.9 Å². The average Bonchev–Trinajstić information content (AvgIpc) is 2.73. The Morgan fingerprint density at radius 3 is 2.40 bits per heavy atom. The van der Waals surface area contributed by atoms with Crippen LogP contribution in [0.4, 0.5) is 17.1 Å². The maximum Gasteiger partial charge on any atom is 0.293 e. The van der Waals surface area contributed by atoms with E-state index in [2.05, 4.69) is 12.2 Å². The van der Waals surface area contributed by atoms with Gasteiger partial charge in [0.2, 0.25) is 0 Å². The van der Waals surface area contributed by atoms with E-state index in [1.54, 1.807) is 50.5 Å². The molecule has 2 aromatic carbocycles. The molecular weight excluding hydrogens is 384 g/mol. The van der Waals surface area contributed by atoms with Crippen molar-refractivity contribution < 1.29 is 14.5 Å². The van der Waals surface area contributed by atoms with Gasteiger partial charge in [0, 0.05) is 50.1 Å². The second-order valence-electron chi connectivity index (χ2n) is 7.89. The first kappa shape index (κ1) is 21.3. The molecule has 1 aliphatic heterocycles. The van der Waals surface area contributed by atoms with Gasteiger partial charge < -0.3 is 15.1 Å². The molecule has 0 saturated carbocycles. The molecule has 1 atom stereocenters. The number of carbonyl (C=O) groups is 2. The number of hydrogen-bond acceptors (Lipinski definition) is 5. The molecule has 0 aliphatic carbocycles. The van der Waals surface area contributed by atoms with Crippen LogP contribution in [0, 0.1) is 16.0 Å². The number of nitrogens with one attached hydrogen (secondary N) is 1. The van der Waals surface area contributed by atoms with Gasteiger partial charge in [-0.1, -0.05) is 6.92 Å². The Balaban J connectivity index is 1.78. The second kappa shape index (κ2) is 8.94. The van der Waals surface area contributed by atoms with E-state index in [0.29, 0.717) is 22.9 Å². The van der Waals surface area contributed by atoms with Crippen molar-refractivity contribution in [3.8, 4) is 0 Å². The third kappa shape index (κ3) is 4.76. The Morgan fingerprint density at radius 2 is 1.80 bits per heavy atom. The van der Waals surface area contributed by atoms with Crippen molar-refractivity contribution in [1.29, 1.82) is 0 Å². The van der Waals surface area contributed by atoms with Gasteiger partial charge in [-0.05, 0) is 55.2 Å². The van der Waals surface area contributed by atoms with E-state index in [-0.39, 0.29) is 17.2 Å². The first-order chi connectivity index (χ1) is 14.3. The molecule has 2 aromatic rings. The molecule has 1 fully saturated rings. The van der Waals surface area contributed by atoms with Crippen LogP contribution in [0.3, 0.4) is 0 Å². The minimum absolute atomic E-state index is 0.0660. The summed E-state index contributed by atoms with van der Waals surface area (Å²) in [4.78, 5) is 39.3. The third-order valence-electron chi connectivity index (χ3n) is 5.23. The number of amides is 2. The summed E-state index contributed by atoms with van der Waals surface area (Å²) < 4.78 is 0. The molecular formula is C22H26N4O4. The van der Waals surface area contributed by atoms with E-state index in [1.165, 1.54) is 11.0 Å². The maximum absolute atomic E-state index is 12.6. The summed E-state index contributed by atoms with van der Waals surface area (Å²) in [6.45, 7) is 3.68. The highest BCUT2D eigenvalue weighted by Gasteiger charge is 2.25. The highest BCUT2D eigenvalue weighted by atomic mass is 16.6. The lowest BCUT2D eigenvalue weighted by Gasteiger charge is -2.32. The first-order valence-corrected chi connectivity index (χ1v) is 9.92. The van der Waals surface area contributed by atoms with E-state index in [9.17, 15) is 19.7 Å². The van der Waals surface area contributed by atoms with Crippen molar-refractivity contribution in [1.82, 2.24) is 4.90 Å². The minimum atomic E-state index is -0.441. The molecule has 1 saturated heterocycles. The Labute approximate surface area is 175 Å². The zero-order valence-electron chi connectivity index (χ0n) is 17.4. The molecule has 30 heavy (non-hydrogen) atoms. The molecule has 1 heterocycles. The number of anilines is 2. The lowest BCUT2D eigenvalue weighted by atomic mass is 9.99. The summed E-state index contributed by atoms with van der Waals surface area (Å²) >= 11 is 0. The van der Waals surface area contributed by atoms with Crippen LogP contribution in [0.2, 0.25) is 0 Å². The summed E-state index contributed by atoms with van der Waals surface area (Å²) in [5, 5.41) is 14.4. The summed E-state index contributed by atoms with van der Waals surface area (Å²) in [6, 6.07) is 11.1. The molecule has 8 nitrogen and oxygen atoms in total. The van der Waals surface area contributed by atoms with E-state index in [4.69, 9.17) is 0 Å². The summed E-state index contributed by atoms with van der Waals surface area (Å²) in [6.07, 6.45) is 2.11. The van der Waals surface area contributed by atoms with Gasteiger partial charge in [0.15, 0.2) is 0 Å². The molecule has 0 spiro atoms. The van der Waals surface area contributed by atoms with Gasteiger partial charge in [-0.3, -0.25) is 19.7 Å². The van der Waals surface area contributed by atoms with Crippen LogP contribution >= 0.6 is 0 Å². The second-order valence-corrected chi connectivity index (χ2v) is 7.89. The molecule has 3 rings (SSSR count). The highest BCUT2D eigenvalue weighted by Crippen LogP contribution is 2.32. The van der Waals surface area contributed by atoms with Gasteiger partial charge in [0.25, 0.3) is 17.5 Å². The number of piperidine rings is 1. The lowest BCUT2D eigenvalue weighted by molar-refractivity contribution is -0.384. The smallest absolute Gasteiger partial charge is 0.293 e. The Hall–Kier alpha value is -3.42. The van der Waals surface area contributed by atoms with Crippen molar-refractivity contribution in [2.45, 2.75) is 19.8 Å². The lowest BCUT2D eigenvalue weighted by Crippen LogP contribution is -2.34. The van der Waals surface area contributed by atoms with Crippen LogP contribution in [-0.2, 0) is 0 Å². The number of nitro groups is 1. The molecule has 1 aliphatic rings. The topological polar surface area (TPSA) is 95.8 Å². The standard InChI is InChI=1S/C22H26N4O4/c1-15-5-4-12-25(14-15)19-11-8-17(13-20(19)26(29)30)21(27)23-18-9-6-16(7-10-18)22(28)24(2)3/h6-11,13,15H,4-5,12,14H2,1-3H3,(H,23,27)/t15-/m0/s1. The fraction of sp³-hybridized carbons (Fsp3) is 0.364. The first-order valence-electron chi connectivity index (χ1n) is 9.92. The van der Waals surface area contributed by atoms with Crippen LogP contribution in [0.1, 0.15) is 40.5 Å². The molecule has 0 radical (unpaired) electrons. The number of hydrogen-bond donors (Lipinski definition) is 1. The quantitative estimate of drug-likeness (QED) is 0.598. The highest BCUT2D eigenvalue weighted by molar-refractivity contribution is 6.05. The van der Waals surface area contributed by atoms with Gasteiger partial charge in [-0.2, -0.15) is 0 Å². The Morgan fingerprint density at radius 1 is 1.13 bits per heavy atom. The molecule has 2 amide bonds. The fourth-order valence-electron chi connectivity index (χ4n) is 3.64. The van der Waals surface area contributed by atoms with E-state index < -0.39 is 10.8 Å². The van der Waals surface area contributed by atoms with Crippen LogP contribution in [-0.4, -0.2) is 48.8 Å². The van der Waals surface area contributed by atoms with Crippen LogP contribution in [0.25, 0.3) is 0 Å². The van der Waals surface area contributed by atoms with Gasteiger partial charge >= 0.3 is 0 Å². The number of nitro benzene ring substituents is 1. The Bertz CT molecular complexity index is 956. The van der Waals surface area contributed by atoms with Crippen molar-refractivity contribution in [2.24, 2.45) is 5.92 Å². The average molecular weight is 410 g/mol. The number of nitrogens with zero attached hydrogens (tertiary/aromatic N) is 3. The number of rotatable bonds is 5.